The average molecular weight is 436 g/mol. The molecule has 3 rings (SSSR count). The van der Waals surface area contributed by atoms with Gasteiger partial charge in [-0.3, -0.25) is 9.78 Å². The van der Waals surface area contributed by atoms with Crippen LogP contribution in [0.3, 0.4) is 0 Å². The van der Waals surface area contributed by atoms with Gasteiger partial charge in [-0.15, -0.1) is 0 Å². The van der Waals surface area contributed by atoms with Crippen molar-refractivity contribution in [2.45, 2.75) is 33.2 Å². The summed E-state index contributed by atoms with van der Waals surface area (Å²) in [6, 6.07) is 7.82. The Bertz CT molecular complexity index is 972. The summed E-state index contributed by atoms with van der Waals surface area (Å²) in [5.41, 5.74) is 2.96. The molecule has 170 valence electrons. The van der Waals surface area contributed by atoms with Gasteiger partial charge in [0.25, 0.3) is 0 Å². The Kier molecular flexibility index (Phi) is 8.00. The quantitative estimate of drug-likeness (QED) is 0.344. The van der Waals surface area contributed by atoms with Gasteiger partial charge in [-0.05, 0) is 48.7 Å². The van der Waals surface area contributed by atoms with Crippen LogP contribution in [-0.2, 0) is 13.0 Å². The molecule has 1 aliphatic heterocycles. The Morgan fingerprint density at radius 3 is 2.72 bits per heavy atom. The van der Waals surface area contributed by atoms with E-state index in [1.807, 2.05) is 6.07 Å². The number of benzene rings is 1. The standard InChI is InChI=1S/C26H35N4O2/c1-19(2)18-32-25-9-21(11-26(31)23-12-24(27-3)15-29-14-23)8-22(10-25)17-30(4,5)16-20-6-7-28-13-20/h8-10,12,14-15,19-20,28H,6-7,11,13,16-18H2,1-2,4-5H3/q+1. The van der Waals surface area contributed by atoms with Crippen LogP contribution in [0, 0.1) is 18.4 Å². The maximum absolute atomic E-state index is 12.9. The number of aromatic nitrogens is 1. The second-order valence-corrected chi connectivity index (χ2v) is 9.97. The second kappa shape index (κ2) is 10.7. The molecule has 6 nitrogen and oxygen atoms in total. The van der Waals surface area contributed by atoms with E-state index in [4.69, 9.17) is 11.3 Å². The van der Waals surface area contributed by atoms with E-state index >= 15 is 0 Å². The van der Waals surface area contributed by atoms with Crippen LogP contribution in [0.1, 0.15) is 41.8 Å². The minimum Gasteiger partial charge on any atom is -0.493 e. The van der Waals surface area contributed by atoms with Gasteiger partial charge in [0.2, 0.25) is 5.69 Å². The van der Waals surface area contributed by atoms with Crippen molar-refractivity contribution in [1.82, 2.24) is 10.3 Å². The van der Waals surface area contributed by atoms with Crippen LogP contribution >= 0.6 is 0 Å². The van der Waals surface area contributed by atoms with Crippen LogP contribution in [0.5, 0.6) is 5.75 Å². The van der Waals surface area contributed by atoms with Crippen LogP contribution < -0.4 is 10.1 Å². The number of ketones is 1. The first-order chi connectivity index (χ1) is 15.2. The lowest BCUT2D eigenvalue weighted by molar-refractivity contribution is -0.906. The summed E-state index contributed by atoms with van der Waals surface area (Å²) in [5.74, 6) is 1.90. The molecule has 0 saturated carbocycles. The summed E-state index contributed by atoms with van der Waals surface area (Å²) in [6.07, 6.45) is 4.50. The second-order valence-electron chi connectivity index (χ2n) is 9.97. The normalized spacial score (nSPS) is 16.2. The molecule has 0 spiro atoms. The molecule has 0 amide bonds. The number of carbonyl (C=O) groups is 1. The number of carbonyl (C=O) groups excluding carboxylic acids is 1. The summed E-state index contributed by atoms with van der Waals surface area (Å²) < 4.78 is 6.93. The molecule has 32 heavy (non-hydrogen) atoms. The predicted molar refractivity (Wildman–Crippen MR) is 127 cm³/mol. The number of ether oxygens (including phenoxy) is 1. The lowest BCUT2D eigenvalue weighted by Crippen LogP contribution is -2.43. The fourth-order valence-corrected chi connectivity index (χ4v) is 4.33. The molecule has 2 aromatic rings. The van der Waals surface area contributed by atoms with Crippen molar-refractivity contribution in [1.29, 1.82) is 0 Å². The van der Waals surface area contributed by atoms with Crippen molar-refractivity contribution < 1.29 is 14.0 Å². The third-order valence-electron chi connectivity index (χ3n) is 5.67. The Morgan fingerprint density at radius 1 is 1.25 bits per heavy atom. The van der Waals surface area contributed by atoms with E-state index in [9.17, 15) is 4.79 Å². The summed E-state index contributed by atoms with van der Waals surface area (Å²) in [4.78, 5) is 20.3. The van der Waals surface area contributed by atoms with Gasteiger partial charge in [0.1, 0.15) is 12.3 Å². The lowest BCUT2D eigenvalue weighted by Gasteiger charge is -2.32. The number of nitrogens with zero attached hydrogens (tertiary/aromatic N) is 3. The zero-order valence-corrected chi connectivity index (χ0v) is 19.7. The zero-order chi connectivity index (χ0) is 23.1. The summed E-state index contributed by atoms with van der Waals surface area (Å²) >= 11 is 0. The van der Waals surface area contributed by atoms with E-state index in [1.165, 1.54) is 24.4 Å². The number of rotatable bonds is 10. The first-order valence-corrected chi connectivity index (χ1v) is 11.4. The summed E-state index contributed by atoms with van der Waals surface area (Å²) in [7, 11) is 4.54. The SMILES string of the molecule is [C-]#[N+]c1cncc(C(=O)Cc2cc(C[N+](C)(C)CC3CCNC3)cc(OCC(C)C)c2)c1. The molecule has 1 aromatic carbocycles. The van der Waals surface area contributed by atoms with Crippen LogP contribution in [0.15, 0.2) is 36.7 Å². The molecule has 1 atom stereocenters. The molecular weight excluding hydrogens is 400 g/mol. The maximum Gasteiger partial charge on any atom is 0.205 e. The van der Waals surface area contributed by atoms with Crippen molar-refractivity contribution in [3.05, 3.63) is 64.8 Å². The van der Waals surface area contributed by atoms with E-state index in [1.54, 1.807) is 6.07 Å². The largest absolute Gasteiger partial charge is 0.493 e. The molecule has 1 saturated heterocycles. The number of Topliss-reactive ketones (excluding diaryl/α,β-unsaturated/α-hetero) is 1. The van der Waals surface area contributed by atoms with Crippen LogP contribution in [0.4, 0.5) is 5.69 Å². The third-order valence-corrected chi connectivity index (χ3v) is 5.67. The predicted octanol–water partition coefficient (Wildman–Crippen LogP) is 4.28. The van der Waals surface area contributed by atoms with Gasteiger partial charge >= 0.3 is 0 Å². The van der Waals surface area contributed by atoms with Gasteiger partial charge in [-0.1, -0.05) is 13.8 Å². The number of hydrogen-bond acceptors (Lipinski definition) is 4. The molecule has 6 heteroatoms. The Labute approximate surface area is 192 Å². The van der Waals surface area contributed by atoms with Crippen LogP contribution in [0.25, 0.3) is 4.85 Å². The van der Waals surface area contributed by atoms with Gasteiger partial charge in [0.15, 0.2) is 5.78 Å². The van der Waals surface area contributed by atoms with E-state index < -0.39 is 0 Å². The van der Waals surface area contributed by atoms with Crippen LogP contribution in [0.2, 0.25) is 0 Å². The molecular formula is C26H35N4O2+. The van der Waals surface area contributed by atoms with Crippen molar-refractivity contribution in [3.63, 3.8) is 0 Å². The van der Waals surface area contributed by atoms with E-state index in [0.29, 0.717) is 29.7 Å². The third kappa shape index (κ3) is 7.15. The Hall–Kier alpha value is -2.75. The molecule has 0 bridgehead atoms. The molecule has 0 aliphatic carbocycles. The molecule has 1 fully saturated rings. The summed E-state index contributed by atoms with van der Waals surface area (Å²) in [5, 5.41) is 3.46. The maximum atomic E-state index is 12.9. The van der Waals surface area contributed by atoms with Crippen molar-refractivity contribution in [3.8, 4) is 5.75 Å². The van der Waals surface area contributed by atoms with Gasteiger partial charge < -0.3 is 14.5 Å². The molecule has 1 unspecified atom stereocenters. The highest BCUT2D eigenvalue weighted by atomic mass is 16.5. The Balaban J connectivity index is 1.80. The fourth-order valence-electron chi connectivity index (χ4n) is 4.33. The Morgan fingerprint density at radius 2 is 2.03 bits per heavy atom. The number of pyridine rings is 1. The molecule has 0 radical (unpaired) electrons. The van der Waals surface area contributed by atoms with E-state index in [-0.39, 0.29) is 12.2 Å². The van der Waals surface area contributed by atoms with Gasteiger partial charge in [-0.2, -0.15) is 0 Å². The lowest BCUT2D eigenvalue weighted by atomic mass is 10.0. The van der Waals surface area contributed by atoms with Gasteiger partial charge in [0, 0.05) is 42.4 Å². The van der Waals surface area contributed by atoms with Gasteiger partial charge in [0.05, 0.1) is 33.8 Å². The minimum atomic E-state index is -0.0410. The zero-order valence-electron chi connectivity index (χ0n) is 19.7. The van der Waals surface area contributed by atoms with Gasteiger partial charge in [-0.25, -0.2) is 4.85 Å². The first-order valence-electron chi connectivity index (χ1n) is 11.4. The van der Waals surface area contributed by atoms with E-state index in [2.05, 4.69) is 55.2 Å². The highest BCUT2D eigenvalue weighted by molar-refractivity contribution is 5.98. The van der Waals surface area contributed by atoms with E-state index in [0.717, 1.165) is 42.0 Å². The number of quaternary nitrogens is 1. The molecule has 1 N–H and O–H groups in total. The van der Waals surface area contributed by atoms with Crippen LogP contribution in [-0.4, -0.2) is 55.6 Å². The number of hydrogen-bond donors (Lipinski definition) is 1. The summed E-state index contributed by atoms with van der Waals surface area (Å²) in [6.45, 7) is 16.2. The average Bonchev–Trinajstić information content (AvgIpc) is 3.24. The first kappa shape index (κ1) is 23.9. The molecule has 1 aromatic heterocycles. The highest BCUT2D eigenvalue weighted by Gasteiger charge is 2.25. The minimum absolute atomic E-state index is 0.0410. The topological polar surface area (TPSA) is 55.6 Å². The number of nitrogens with one attached hydrogen (secondary N) is 1. The fraction of sp³-hybridized carbons (Fsp3) is 0.500. The van der Waals surface area contributed by atoms with Crippen molar-refractivity contribution in [2.24, 2.45) is 11.8 Å². The van der Waals surface area contributed by atoms with Crippen molar-refractivity contribution in [2.75, 3.05) is 40.3 Å². The van der Waals surface area contributed by atoms with Crippen molar-refractivity contribution >= 4 is 11.5 Å². The highest BCUT2D eigenvalue weighted by Crippen LogP contribution is 2.24. The molecule has 1 aliphatic rings. The smallest absolute Gasteiger partial charge is 0.205 e. The molecule has 2 heterocycles. The monoisotopic (exact) mass is 435 g/mol.